The maximum absolute atomic E-state index is 13.4. The first-order valence-corrected chi connectivity index (χ1v) is 7.20. The van der Waals surface area contributed by atoms with Crippen molar-refractivity contribution in [1.82, 2.24) is 5.32 Å². The summed E-state index contributed by atoms with van der Waals surface area (Å²) in [7, 11) is 0. The third kappa shape index (κ3) is 4.77. The van der Waals surface area contributed by atoms with Gasteiger partial charge in [0.1, 0.15) is 18.2 Å². The molecule has 0 radical (unpaired) electrons. The van der Waals surface area contributed by atoms with E-state index in [2.05, 4.69) is 17.6 Å². The number of amides is 2. The van der Waals surface area contributed by atoms with Gasteiger partial charge in [-0.25, -0.2) is 9.18 Å². The zero-order valence-corrected chi connectivity index (χ0v) is 12.4. The molecule has 22 heavy (non-hydrogen) atoms. The number of nitrogens with one attached hydrogen (secondary N) is 2. The van der Waals surface area contributed by atoms with Crippen molar-refractivity contribution in [3.8, 4) is 5.75 Å². The lowest BCUT2D eigenvalue weighted by atomic mass is 10.2. The Morgan fingerprint density at radius 2 is 1.86 bits per heavy atom. The molecule has 0 saturated carbocycles. The number of hydrogen-bond acceptors (Lipinski definition) is 2. The van der Waals surface area contributed by atoms with E-state index in [9.17, 15) is 9.18 Å². The molecule has 0 spiro atoms. The van der Waals surface area contributed by atoms with E-state index in [-0.39, 0.29) is 5.69 Å². The second-order valence-corrected chi connectivity index (χ2v) is 4.71. The van der Waals surface area contributed by atoms with Gasteiger partial charge in [0.15, 0.2) is 0 Å². The Labute approximate surface area is 129 Å². The third-order valence-electron chi connectivity index (χ3n) is 3.11. The molecule has 0 atom stereocenters. The predicted octanol–water partition coefficient (Wildman–Crippen LogP) is 3.59. The molecule has 4 nitrogen and oxygen atoms in total. The van der Waals surface area contributed by atoms with Crippen LogP contribution in [0.4, 0.5) is 14.9 Å². The summed E-state index contributed by atoms with van der Waals surface area (Å²) in [4.78, 5) is 11.6. The SMILES string of the molecule is CCc1ccc(OCCNC(=O)Nc2ccccc2F)cc1. The minimum Gasteiger partial charge on any atom is -0.492 e. The standard InChI is InChI=1S/C17H19FN2O2/c1-2-13-7-9-14(10-8-13)22-12-11-19-17(21)20-16-6-4-3-5-15(16)18/h3-10H,2,11-12H2,1H3,(H2,19,20,21). The summed E-state index contributed by atoms with van der Waals surface area (Å²) in [5, 5.41) is 5.05. The molecule has 0 aliphatic carbocycles. The van der Waals surface area contributed by atoms with Crippen molar-refractivity contribution in [1.29, 1.82) is 0 Å². The molecule has 2 aromatic rings. The highest BCUT2D eigenvalue weighted by molar-refractivity contribution is 5.89. The van der Waals surface area contributed by atoms with E-state index in [4.69, 9.17) is 4.74 Å². The number of para-hydroxylation sites is 1. The predicted molar refractivity (Wildman–Crippen MR) is 84.7 cm³/mol. The lowest BCUT2D eigenvalue weighted by molar-refractivity contribution is 0.247. The van der Waals surface area contributed by atoms with E-state index in [1.807, 2.05) is 24.3 Å². The highest BCUT2D eigenvalue weighted by atomic mass is 19.1. The number of ether oxygens (including phenoxy) is 1. The van der Waals surface area contributed by atoms with Crippen LogP contribution in [0.15, 0.2) is 48.5 Å². The fraction of sp³-hybridized carbons (Fsp3) is 0.235. The number of hydrogen-bond donors (Lipinski definition) is 2. The molecule has 5 heteroatoms. The molecule has 0 aromatic heterocycles. The Morgan fingerprint density at radius 3 is 2.55 bits per heavy atom. The summed E-state index contributed by atoms with van der Waals surface area (Å²) in [6.07, 6.45) is 0.984. The Kier molecular flexibility index (Phi) is 5.77. The van der Waals surface area contributed by atoms with E-state index in [0.717, 1.165) is 12.2 Å². The molecule has 0 bridgehead atoms. The van der Waals surface area contributed by atoms with Crippen molar-refractivity contribution in [2.45, 2.75) is 13.3 Å². The quantitative estimate of drug-likeness (QED) is 0.801. The normalized spacial score (nSPS) is 10.1. The second kappa shape index (κ2) is 8.02. The van der Waals surface area contributed by atoms with Gasteiger partial charge in [-0.05, 0) is 36.2 Å². The Bertz CT molecular complexity index is 614. The molecule has 0 aliphatic rings. The maximum Gasteiger partial charge on any atom is 0.319 e. The number of benzene rings is 2. The minimum atomic E-state index is -0.468. The first kappa shape index (κ1) is 15.8. The van der Waals surface area contributed by atoms with Gasteiger partial charge in [0.2, 0.25) is 0 Å². The van der Waals surface area contributed by atoms with Crippen molar-refractivity contribution in [2.24, 2.45) is 0 Å². The van der Waals surface area contributed by atoms with Crippen LogP contribution in [-0.4, -0.2) is 19.2 Å². The van der Waals surface area contributed by atoms with Gasteiger partial charge in [-0.15, -0.1) is 0 Å². The van der Waals surface area contributed by atoms with E-state index in [1.54, 1.807) is 12.1 Å². The van der Waals surface area contributed by atoms with Crippen LogP contribution in [0.25, 0.3) is 0 Å². The molecular weight excluding hydrogens is 283 g/mol. The lowest BCUT2D eigenvalue weighted by Gasteiger charge is -2.09. The minimum absolute atomic E-state index is 0.149. The van der Waals surface area contributed by atoms with Crippen molar-refractivity contribution >= 4 is 11.7 Å². The van der Waals surface area contributed by atoms with Crippen molar-refractivity contribution in [3.05, 3.63) is 59.9 Å². The first-order valence-electron chi connectivity index (χ1n) is 7.20. The molecule has 0 heterocycles. The molecule has 2 N–H and O–H groups in total. The number of halogens is 1. The Morgan fingerprint density at radius 1 is 1.14 bits per heavy atom. The molecule has 0 fully saturated rings. The van der Waals surface area contributed by atoms with Crippen LogP contribution in [0.5, 0.6) is 5.75 Å². The number of anilines is 1. The summed E-state index contributed by atoms with van der Waals surface area (Å²) in [6.45, 7) is 2.76. The van der Waals surface area contributed by atoms with Crippen LogP contribution >= 0.6 is 0 Å². The molecule has 2 rings (SSSR count). The van der Waals surface area contributed by atoms with Crippen LogP contribution in [0.1, 0.15) is 12.5 Å². The molecule has 0 aliphatic heterocycles. The second-order valence-electron chi connectivity index (χ2n) is 4.71. The molecular formula is C17H19FN2O2. The van der Waals surface area contributed by atoms with E-state index >= 15 is 0 Å². The topological polar surface area (TPSA) is 50.4 Å². The number of urea groups is 1. The largest absolute Gasteiger partial charge is 0.492 e. The molecule has 2 aromatic carbocycles. The van der Waals surface area contributed by atoms with Gasteiger partial charge in [-0.3, -0.25) is 0 Å². The average molecular weight is 302 g/mol. The number of carbonyl (C=O) groups is 1. The number of aryl methyl sites for hydroxylation is 1. The molecule has 0 unspecified atom stereocenters. The van der Waals surface area contributed by atoms with Crippen LogP contribution in [0.2, 0.25) is 0 Å². The summed E-state index contributed by atoms with van der Waals surface area (Å²) >= 11 is 0. The van der Waals surface area contributed by atoms with Crippen LogP contribution in [0.3, 0.4) is 0 Å². The fourth-order valence-corrected chi connectivity index (χ4v) is 1.88. The Hall–Kier alpha value is -2.56. The lowest BCUT2D eigenvalue weighted by Crippen LogP contribution is -2.32. The molecule has 0 saturated heterocycles. The summed E-state index contributed by atoms with van der Waals surface area (Å²) < 4.78 is 18.9. The number of carbonyl (C=O) groups excluding carboxylic acids is 1. The van der Waals surface area contributed by atoms with Gasteiger partial charge in [-0.2, -0.15) is 0 Å². The first-order chi connectivity index (χ1) is 10.7. The summed E-state index contributed by atoms with van der Waals surface area (Å²) in [5.41, 5.74) is 1.39. The Balaban J connectivity index is 1.69. The monoisotopic (exact) mass is 302 g/mol. The van der Waals surface area contributed by atoms with E-state index in [0.29, 0.717) is 13.2 Å². The van der Waals surface area contributed by atoms with Crippen LogP contribution in [-0.2, 0) is 6.42 Å². The maximum atomic E-state index is 13.4. The average Bonchev–Trinajstić information content (AvgIpc) is 2.54. The van der Waals surface area contributed by atoms with Gasteiger partial charge in [-0.1, -0.05) is 31.2 Å². The van der Waals surface area contributed by atoms with Gasteiger partial charge >= 0.3 is 6.03 Å². The highest BCUT2D eigenvalue weighted by Crippen LogP contribution is 2.13. The van der Waals surface area contributed by atoms with Crippen molar-refractivity contribution < 1.29 is 13.9 Å². The molecule has 116 valence electrons. The number of rotatable bonds is 6. The van der Waals surface area contributed by atoms with Crippen molar-refractivity contribution in [3.63, 3.8) is 0 Å². The highest BCUT2D eigenvalue weighted by Gasteiger charge is 2.05. The van der Waals surface area contributed by atoms with E-state index in [1.165, 1.54) is 17.7 Å². The third-order valence-corrected chi connectivity index (χ3v) is 3.11. The van der Waals surface area contributed by atoms with Gasteiger partial charge in [0, 0.05) is 0 Å². The summed E-state index contributed by atoms with van der Waals surface area (Å²) in [5.74, 6) is 0.290. The smallest absolute Gasteiger partial charge is 0.319 e. The zero-order chi connectivity index (χ0) is 15.8. The van der Waals surface area contributed by atoms with Gasteiger partial charge in [0.05, 0.1) is 12.2 Å². The van der Waals surface area contributed by atoms with Gasteiger partial charge in [0.25, 0.3) is 0 Å². The van der Waals surface area contributed by atoms with Crippen molar-refractivity contribution in [2.75, 3.05) is 18.5 Å². The zero-order valence-electron chi connectivity index (χ0n) is 12.4. The van der Waals surface area contributed by atoms with Crippen LogP contribution < -0.4 is 15.4 Å². The summed E-state index contributed by atoms with van der Waals surface area (Å²) in [6, 6.07) is 13.4. The van der Waals surface area contributed by atoms with Crippen LogP contribution in [0, 0.1) is 5.82 Å². The molecule has 2 amide bonds. The fourth-order valence-electron chi connectivity index (χ4n) is 1.88. The van der Waals surface area contributed by atoms with Gasteiger partial charge < -0.3 is 15.4 Å². The van der Waals surface area contributed by atoms with E-state index < -0.39 is 11.8 Å².